The number of methoxy groups -OCH3 is 2. The number of fused-ring (bicyclic) bond motifs is 1. The summed E-state index contributed by atoms with van der Waals surface area (Å²) in [6, 6.07) is 11.5. The number of amides is 2. The molecule has 0 saturated carbocycles. The molecule has 2 aliphatic heterocycles. The molecule has 0 unspecified atom stereocenters. The van der Waals surface area contributed by atoms with Crippen LogP contribution in [-0.2, 0) is 4.79 Å². The van der Waals surface area contributed by atoms with Crippen LogP contribution >= 0.6 is 0 Å². The number of aromatic nitrogens is 1. The zero-order chi connectivity index (χ0) is 25.4. The molecule has 3 aromatic rings. The lowest BCUT2D eigenvalue weighted by atomic mass is 9.94. The van der Waals surface area contributed by atoms with Crippen molar-refractivity contribution in [1.82, 2.24) is 14.8 Å². The largest absolute Gasteiger partial charge is 0.493 e. The van der Waals surface area contributed by atoms with Gasteiger partial charge in [-0.15, -0.1) is 0 Å². The smallest absolute Gasteiger partial charge is 0.256 e. The number of rotatable bonds is 5. The Hall–Kier alpha value is -4.04. The Labute approximate surface area is 210 Å². The molecule has 2 aliphatic rings. The molecule has 5 rings (SSSR count). The second kappa shape index (κ2) is 9.54. The molecular formula is C28H30N4O4. The number of ether oxygens (including phenoxy) is 2. The van der Waals surface area contributed by atoms with Crippen LogP contribution in [0.25, 0.3) is 22.8 Å². The van der Waals surface area contributed by atoms with Gasteiger partial charge in [0.25, 0.3) is 11.8 Å². The summed E-state index contributed by atoms with van der Waals surface area (Å²) in [4.78, 5) is 33.5. The van der Waals surface area contributed by atoms with Crippen LogP contribution in [0.4, 0.5) is 5.69 Å². The number of anilines is 1. The molecule has 2 N–H and O–H groups in total. The van der Waals surface area contributed by atoms with Crippen LogP contribution in [0.5, 0.6) is 11.5 Å². The van der Waals surface area contributed by atoms with Crippen LogP contribution in [0, 0.1) is 6.92 Å². The Balaban J connectivity index is 1.53. The molecule has 1 aromatic heterocycles. The molecule has 2 amide bonds. The summed E-state index contributed by atoms with van der Waals surface area (Å²) in [7, 11) is 5.26. The lowest BCUT2D eigenvalue weighted by Crippen LogP contribution is -2.47. The summed E-state index contributed by atoms with van der Waals surface area (Å²) in [6.07, 6.45) is 3.58. The Morgan fingerprint density at radius 1 is 1.03 bits per heavy atom. The molecule has 8 nitrogen and oxygen atoms in total. The molecule has 2 aromatic carbocycles. The summed E-state index contributed by atoms with van der Waals surface area (Å²) >= 11 is 0. The Morgan fingerprint density at radius 3 is 2.50 bits per heavy atom. The highest BCUT2D eigenvalue weighted by molar-refractivity contribution is 6.36. The number of hydrogen-bond acceptors (Lipinski definition) is 5. The van der Waals surface area contributed by atoms with Gasteiger partial charge in [0.2, 0.25) is 0 Å². The predicted molar refractivity (Wildman–Crippen MR) is 140 cm³/mol. The quantitative estimate of drug-likeness (QED) is 0.535. The summed E-state index contributed by atoms with van der Waals surface area (Å²) < 4.78 is 10.9. The number of nitrogens with one attached hydrogen (secondary N) is 2. The first-order valence-corrected chi connectivity index (χ1v) is 12.0. The van der Waals surface area contributed by atoms with Gasteiger partial charge < -0.3 is 29.6 Å². The normalized spacial score (nSPS) is 16.7. The number of piperazine rings is 1. The summed E-state index contributed by atoms with van der Waals surface area (Å²) in [5, 5.41) is 2.98. The number of benzene rings is 2. The maximum absolute atomic E-state index is 13.2. The van der Waals surface area contributed by atoms with E-state index in [0.717, 1.165) is 46.7 Å². The van der Waals surface area contributed by atoms with Gasteiger partial charge in [0.1, 0.15) is 0 Å². The van der Waals surface area contributed by atoms with E-state index < -0.39 is 0 Å². The van der Waals surface area contributed by atoms with E-state index in [-0.39, 0.29) is 11.8 Å². The fourth-order valence-corrected chi connectivity index (χ4v) is 4.84. The lowest BCUT2D eigenvalue weighted by Gasteiger charge is -2.32. The van der Waals surface area contributed by atoms with Crippen molar-refractivity contribution in [2.45, 2.75) is 6.92 Å². The first-order chi connectivity index (χ1) is 17.4. The van der Waals surface area contributed by atoms with Gasteiger partial charge in [-0.25, -0.2) is 0 Å². The van der Waals surface area contributed by atoms with Gasteiger partial charge >= 0.3 is 0 Å². The number of hydrogen-bond donors (Lipinski definition) is 2. The number of aromatic amines is 1. The Bertz CT molecular complexity index is 1370. The van der Waals surface area contributed by atoms with Crippen LogP contribution in [0.1, 0.15) is 27.2 Å². The third-order valence-electron chi connectivity index (χ3n) is 7.01. The van der Waals surface area contributed by atoms with Crippen LogP contribution in [-0.4, -0.2) is 74.0 Å². The third kappa shape index (κ3) is 4.13. The topological polar surface area (TPSA) is 86.9 Å². The number of likely N-dealkylation sites (N-methyl/N-ethyl adjacent to an activating group) is 1. The fourth-order valence-electron chi connectivity index (χ4n) is 4.84. The van der Waals surface area contributed by atoms with Gasteiger partial charge in [0, 0.05) is 49.3 Å². The molecule has 0 atom stereocenters. The van der Waals surface area contributed by atoms with Gasteiger partial charge in [-0.3, -0.25) is 9.59 Å². The van der Waals surface area contributed by atoms with Gasteiger partial charge in [-0.05, 0) is 54.9 Å². The standard InChI is InChI=1S/C28H30N4O4/c1-17-21(28(34)32-12-10-31(2)11-13-32)16-29-23(17)15-20-26-19(6-5-7-22(26)30-27(20)33)18-8-9-24(35-3)25(14-18)36-4/h5-9,14-16,29H,10-13H2,1-4H3,(H,30,33)/b20-15-. The van der Waals surface area contributed by atoms with E-state index in [1.165, 1.54) is 0 Å². The highest BCUT2D eigenvalue weighted by Crippen LogP contribution is 2.42. The zero-order valence-electron chi connectivity index (χ0n) is 21.0. The van der Waals surface area contributed by atoms with Crippen molar-refractivity contribution in [3.63, 3.8) is 0 Å². The van der Waals surface area contributed by atoms with Crippen LogP contribution in [0.15, 0.2) is 42.6 Å². The SMILES string of the molecule is COc1ccc(-c2cccc3c2/C(=C/c2[nH]cc(C(=O)N4CCN(C)CC4)c2C)C(=O)N3)cc1OC. The van der Waals surface area contributed by atoms with Gasteiger partial charge in [0.05, 0.1) is 25.4 Å². The second-order valence-electron chi connectivity index (χ2n) is 9.15. The van der Waals surface area contributed by atoms with Crippen molar-refractivity contribution in [2.75, 3.05) is 52.8 Å². The minimum absolute atomic E-state index is 0.0174. The van der Waals surface area contributed by atoms with Gasteiger partial charge in [0.15, 0.2) is 11.5 Å². The maximum Gasteiger partial charge on any atom is 0.256 e. The Morgan fingerprint density at radius 2 is 1.78 bits per heavy atom. The van der Waals surface area contributed by atoms with Crippen LogP contribution in [0.2, 0.25) is 0 Å². The van der Waals surface area contributed by atoms with E-state index in [1.807, 2.05) is 54.3 Å². The summed E-state index contributed by atoms with van der Waals surface area (Å²) in [5.74, 6) is 1.09. The van der Waals surface area contributed by atoms with Crippen molar-refractivity contribution in [1.29, 1.82) is 0 Å². The van der Waals surface area contributed by atoms with Crippen molar-refractivity contribution >= 4 is 29.2 Å². The monoisotopic (exact) mass is 486 g/mol. The van der Waals surface area contributed by atoms with Crippen molar-refractivity contribution < 1.29 is 19.1 Å². The van der Waals surface area contributed by atoms with E-state index >= 15 is 0 Å². The molecule has 0 aliphatic carbocycles. The van der Waals surface area contributed by atoms with Gasteiger partial charge in [-0.2, -0.15) is 0 Å². The molecule has 1 fully saturated rings. The van der Waals surface area contributed by atoms with Crippen LogP contribution < -0.4 is 14.8 Å². The minimum atomic E-state index is -0.182. The van der Waals surface area contributed by atoms with Crippen molar-refractivity contribution in [3.8, 4) is 22.6 Å². The molecule has 0 radical (unpaired) electrons. The number of H-pyrrole nitrogens is 1. The molecule has 3 heterocycles. The molecule has 36 heavy (non-hydrogen) atoms. The number of carbonyl (C=O) groups is 2. The highest BCUT2D eigenvalue weighted by Gasteiger charge is 2.29. The van der Waals surface area contributed by atoms with E-state index in [2.05, 4.69) is 22.2 Å². The van der Waals surface area contributed by atoms with E-state index in [4.69, 9.17) is 9.47 Å². The molecule has 186 valence electrons. The number of carbonyl (C=O) groups excluding carboxylic acids is 2. The predicted octanol–water partition coefficient (Wildman–Crippen LogP) is 3.89. The summed E-state index contributed by atoms with van der Waals surface area (Å²) in [5.41, 5.74) is 6.12. The fraction of sp³-hybridized carbons (Fsp3) is 0.286. The first kappa shape index (κ1) is 23.7. The van der Waals surface area contributed by atoms with E-state index in [9.17, 15) is 9.59 Å². The maximum atomic E-state index is 13.2. The third-order valence-corrected chi connectivity index (χ3v) is 7.01. The van der Waals surface area contributed by atoms with Crippen molar-refractivity contribution in [2.24, 2.45) is 0 Å². The highest BCUT2D eigenvalue weighted by atomic mass is 16.5. The number of nitrogens with zero attached hydrogens (tertiary/aromatic N) is 2. The summed E-state index contributed by atoms with van der Waals surface area (Å²) in [6.45, 7) is 5.06. The molecule has 8 heteroatoms. The Kier molecular flexibility index (Phi) is 6.28. The average molecular weight is 487 g/mol. The van der Waals surface area contributed by atoms with E-state index in [0.29, 0.717) is 35.7 Å². The lowest BCUT2D eigenvalue weighted by molar-refractivity contribution is -0.110. The molecule has 0 bridgehead atoms. The van der Waals surface area contributed by atoms with Crippen LogP contribution in [0.3, 0.4) is 0 Å². The first-order valence-electron chi connectivity index (χ1n) is 12.0. The second-order valence-corrected chi connectivity index (χ2v) is 9.15. The van der Waals surface area contributed by atoms with E-state index in [1.54, 1.807) is 20.4 Å². The van der Waals surface area contributed by atoms with Gasteiger partial charge in [-0.1, -0.05) is 18.2 Å². The minimum Gasteiger partial charge on any atom is -0.493 e. The average Bonchev–Trinajstić information content (AvgIpc) is 3.42. The molecule has 1 saturated heterocycles. The zero-order valence-corrected chi connectivity index (χ0v) is 21.0. The molecule has 0 spiro atoms. The molecular weight excluding hydrogens is 456 g/mol. The van der Waals surface area contributed by atoms with Crippen molar-refractivity contribution in [3.05, 3.63) is 65.0 Å².